The number of H-pyrrole nitrogens is 1. The SMILES string of the molecule is Cc1cnc(-c2ccccc2)[nH]1.[Y]. The van der Waals surface area contributed by atoms with Gasteiger partial charge in [0.05, 0.1) is 0 Å². The van der Waals surface area contributed by atoms with E-state index in [1.807, 2.05) is 43.5 Å². The van der Waals surface area contributed by atoms with Gasteiger partial charge < -0.3 is 4.98 Å². The molecule has 1 radical (unpaired) electrons. The maximum absolute atomic E-state index is 4.23. The van der Waals surface area contributed by atoms with Crippen LogP contribution in [-0.2, 0) is 32.7 Å². The summed E-state index contributed by atoms with van der Waals surface area (Å²) in [6.07, 6.45) is 1.84. The Morgan fingerprint density at radius 3 is 2.38 bits per heavy atom. The van der Waals surface area contributed by atoms with Gasteiger partial charge in [0.15, 0.2) is 0 Å². The second kappa shape index (κ2) is 4.68. The number of nitrogens with zero attached hydrogens (tertiary/aromatic N) is 1. The van der Waals surface area contributed by atoms with Gasteiger partial charge in [-0.2, -0.15) is 0 Å². The Kier molecular flexibility index (Phi) is 3.82. The van der Waals surface area contributed by atoms with Crippen LogP contribution >= 0.6 is 0 Å². The molecular formula is C10H10N2Y. The second-order valence-corrected chi connectivity index (χ2v) is 2.78. The summed E-state index contributed by atoms with van der Waals surface area (Å²) < 4.78 is 0. The van der Waals surface area contributed by atoms with Gasteiger partial charge in [-0.05, 0) is 6.92 Å². The number of rotatable bonds is 1. The Labute approximate surface area is 103 Å². The van der Waals surface area contributed by atoms with E-state index in [-0.39, 0.29) is 32.7 Å². The largest absolute Gasteiger partial charge is 0.342 e. The average Bonchev–Trinajstić information content (AvgIpc) is 2.54. The summed E-state index contributed by atoms with van der Waals surface area (Å²) in [6.45, 7) is 2.00. The van der Waals surface area contributed by atoms with Gasteiger partial charge in [0.1, 0.15) is 5.82 Å². The Morgan fingerprint density at radius 1 is 1.15 bits per heavy atom. The molecule has 0 spiro atoms. The van der Waals surface area contributed by atoms with Crippen molar-refractivity contribution in [1.82, 2.24) is 9.97 Å². The predicted molar refractivity (Wildman–Crippen MR) is 48.8 cm³/mol. The quantitative estimate of drug-likeness (QED) is 0.823. The van der Waals surface area contributed by atoms with Crippen molar-refractivity contribution >= 4 is 0 Å². The van der Waals surface area contributed by atoms with Gasteiger partial charge in [-0.3, -0.25) is 0 Å². The molecule has 0 aliphatic heterocycles. The van der Waals surface area contributed by atoms with Gasteiger partial charge in [-0.25, -0.2) is 4.98 Å². The number of nitrogens with one attached hydrogen (secondary N) is 1. The molecule has 0 saturated heterocycles. The van der Waals surface area contributed by atoms with Gasteiger partial charge in [-0.15, -0.1) is 0 Å². The van der Waals surface area contributed by atoms with E-state index in [2.05, 4.69) is 9.97 Å². The molecule has 1 N–H and O–H groups in total. The number of aryl methyl sites for hydroxylation is 1. The van der Waals surface area contributed by atoms with Crippen molar-refractivity contribution in [2.75, 3.05) is 0 Å². The van der Waals surface area contributed by atoms with Crippen LogP contribution < -0.4 is 0 Å². The van der Waals surface area contributed by atoms with Crippen molar-refractivity contribution < 1.29 is 32.7 Å². The molecule has 1 aromatic heterocycles. The van der Waals surface area contributed by atoms with Crippen LogP contribution in [0.2, 0.25) is 0 Å². The smallest absolute Gasteiger partial charge is 0.137 e. The zero-order valence-corrected chi connectivity index (χ0v) is 10.3. The number of benzene rings is 1. The molecule has 0 unspecified atom stereocenters. The van der Waals surface area contributed by atoms with Gasteiger partial charge in [-0.1, -0.05) is 30.3 Å². The van der Waals surface area contributed by atoms with Crippen LogP contribution in [0.25, 0.3) is 11.4 Å². The molecule has 0 saturated carbocycles. The first-order chi connectivity index (χ1) is 5.86. The summed E-state index contributed by atoms with van der Waals surface area (Å²) in [5.74, 6) is 0.938. The van der Waals surface area contributed by atoms with Gasteiger partial charge in [0, 0.05) is 50.2 Å². The molecule has 0 bridgehead atoms. The fraction of sp³-hybridized carbons (Fsp3) is 0.100. The maximum atomic E-state index is 4.23. The number of hydrogen-bond acceptors (Lipinski definition) is 1. The summed E-state index contributed by atoms with van der Waals surface area (Å²) in [4.78, 5) is 7.41. The number of aromatic nitrogens is 2. The second-order valence-electron chi connectivity index (χ2n) is 2.78. The molecule has 2 aromatic rings. The number of hydrogen-bond donors (Lipinski definition) is 1. The van der Waals surface area contributed by atoms with Gasteiger partial charge >= 0.3 is 0 Å². The maximum Gasteiger partial charge on any atom is 0.137 e. The third-order valence-electron chi connectivity index (χ3n) is 1.75. The monoisotopic (exact) mass is 247 g/mol. The molecule has 13 heavy (non-hydrogen) atoms. The minimum absolute atomic E-state index is 0. The summed E-state index contributed by atoms with van der Waals surface area (Å²) >= 11 is 0. The summed E-state index contributed by atoms with van der Waals surface area (Å²) in [6, 6.07) is 10.1. The molecule has 2 nitrogen and oxygen atoms in total. The van der Waals surface area contributed by atoms with E-state index in [0.717, 1.165) is 17.1 Å². The fourth-order valence-corrected chi connectivity index (χ4v) is 1.16. The van der Waals surface area contributed by atoms with Crippen molar-refractivity contribution in [3.63, 3.8) is 0 Å². The van der Waals surface area contributed by atoms with E-state index in [1.54, 1.807) is 0 Å². The topological polar surface area (TPSA) is 28.7 Å². The first-order valence-electron chi connectivity index (χ1n) is 3.93. The van der Waals surface area contributed by atoms with Crippen LogP contribution in [0.5, 0.6) is 0 Å². The van der Waals surface area contributed by atoms with E-state index in [0.29, 0.717) is 0 Å². The Morgan fingerprint density at radius 2 is 1.85 bits per heavy atom. The molecule has 1 aromatic carbocycles. The Bertz CT molecular complexity index is 367. The average molecular weight is 247 g/mol. The number of imidazole rings is 1. The van der Waals surface area contributed by atoms with Crippen molar-refractivity contribution in [2.24, 2.45) is 0 Å². The Balaban J connectivity index is 0.000000845. The van der Waals surface area contributed by atoms with Crippen molar-refractivity contribution in [2.45, 2.75) is 6.92 Å². The molecule has 63 valence electrons. The van der Waals surface area contributed by atoms with E-state index in [1.165, 1.54) is 0 Å². The first kappa shape index (κ1) is 10.6. The fourth-order valence-electron chi connectivity index (χ4n) is 1.16. The van der Waals surface area contributed by atoms with Crippen LogP contribution in [0.3, 0.4) is 0 Å². The summed E-state index contributed by atoms with van der Waals surface area (Å²) in [5.41, 5.74) is 2.22. The van der Waals surface area contributed by atoms with Gasteiger partial charge in [0.25, 0.3) is 0 Å². The van der Waals surface area contributed by atoms with Crippen LogP contribution in [0.15, 0.2) is 36.5 Å². The molecule has 0 aliphatic rings. The summed E-state index contributed by atoms with van der Waals surface area (Å²) in [5, 5.41) is 0. The van der Waals surface area contributed by atoms with Crippen LogP contribution in [0, 0.1) is 6.92 Å². The zero-order valence-electron chi connectivity index (χ0n) is 7.49. The third kappa shape index (κ3) is 2.49. The molecule has 0 aliphatic carbocycles. The van der Waals surface area contributed by atoms with Crippen molar-refractivity contribution in [3.8, 4) is 11.4 Å². The van der Waals surface area contributed by atoms with E-state index >= 15 is 0 Å². The first-order valence-corrected chi connectivity index (χ1v) is 3.93. The van der Waals surface area contributed by atoms with Crippen molar-refractivity contribution in [1.29, 1.82) is 0 Å². The molecule has 2 rings (SSSR count). The zero-order chi connectivity index (χ0) is 8.39. The number of aromatic amines is 1. The molecule has 0 fully saturated rings. The molecule has 3 heteroatoms. The Hall–Kier alpha value is -0.466. The summed E-state index contributed by atoms with van der Waals surface area (Å²) in [7, 11) is 0. The molecule has 1 heterocycles. The van der Waals surface area contributed by atoms with Crippen LogP contribution in [-0.4, -0.2) is 9.97 Å². The minimum Gasteiger partial charge on any atom is -0.342 e. The van der Waals surface area contributed by atoms with Crippen LogP contribution in [0.1, 0.15) is 5.69 Å². The third-order valence-corrected chi connectivity index (χ3v) is 1.75. The van der Waals surface area contributed by atoms with Gasteiger partial charge in [0.2, 0.25) is 0 Å². The van der Waals surface area contributed by atoms with E-state index in [4.69, 9.17) is 0 Å². The van der Waals surface area contributed by atoms with Crippen LogP contribution in [0.4, 0.5) is 0 Å². The predicted octanol–water partition coefficient (Wildman–Crippen LogP) is 2.38. The standard InChI is InChI=1S/C10H10N2.Y/c1-8-7-11-10(12-8)9-5-3-2-4-6-9;/h2-7H,1H3,(H,11,12);. The van der Waals surface area contributed by atoms with Crippen molar-refractivity contribution in [3.05, 3.63) is 42.2 Å². The molecule has 0 atom stereocenters. The van der Waals surface area contributed by atoms with E-state index < -0.39 is 0 Å². The molecule has 0 amide bonds. The minimum atomic E-state index is 0. The van der Waals surface area contributed by atoms with E-state index in [9.17, 15) is 0 Å². The normalized spacial score (nSPS) is 9.31. The molecular weight excluding hydrogens is 237 g/mol.